The number of halogens is 1. The van der Waals surface area contributed by atoms with E-state index in [-0.39, 0.29) is 11.7 Å². The average molecular weight is 409 g/mol. The summed E-state index contributed by atoms with van der Waals surface area (Å²) in [5.41, 5.74) is 7.24. The molecule has 0 spiro atoms. The minimum Gasteiger partial charge on any atom is -0.493 e. The molecule has 27 heavy (non-hydrogen) atoms. The Bertz CT molecular complexity index is 829. The molecule has 2 aromatic rings. The lowest BCUT2D eigenvalue weighted by Gasteiger charge is -2.12. The first-order valence-corrected chi connectivity index (χ1v) is 9.62. The van der Waals surface area contributed by atoms with Gasteiger partial charge in [-0.25, -0.2) is 0 Å². The highest BCUT2D eigenvalue weighted by atomic mass is 35.5. The van der Waals surface area contributed by atoms with Crippen LogP contribution in [0.3, 0.4) is 0 Å². The van der Waals surface area contributed by atoms with Crippen molar-refractivity contribution in [2.45, 2.75) is 12.7 Å². The third kappa shape index (κ3) is 6.08. The van der Waals surface area contributed by atoms with Gasteiger partial charge in [-0.15, -0.1) is 11.8 Å². The molecule has 0 fully saturated rings. The van der Waals surface area contributed by atoms with Crippen LogP contribution in [0.1, 0.15) is 21.5 Å². The fraction of sp³-hybridized carbons (Fsp3) is 0.263. The molecule has 0 saturated carbocycles. The highest BCUT2D eigenvalue weighted by Gasteiger charge is 2.11. The third-order valence-corrected chi connectivity index (χ3v) is 4.95. The van der Waals surface area contributed by atoms with Crippen molar-refractivity contribution in [1.29, 1.82) is 0 Å². The van der Waals surface area contributed by atoms with Crippen molar-refractivity contribution >= 4 is 35.2 Å². The monoisotopic (exact) mass is 408 g/mol. The number of methoxy groups -OCH3 is 2. The van der Waals surface area contributed by atoms with Gasteiger partial charge in [0.15, 0.2) is 11.5 Å². The largest absolute Gasteiger partial charge is 0.493 e. The number of hydrazine groups is 1. The van der Waals surface area contributed by atoms with Gasteiger partial charge in [0.05, 0.1) is 20.0 Å². The average Bonchev–Trinajstić information content (AvgIpc) is 2.66. The van der Waals surface area contributed by atoms with Crippen LogP contribution in [0.15, 0.2) is 36.4 Å². The molecule has 0 radical (unpaired) electrons. The number of nitrogens with one attached hydrogen (secondary N) is 2. The van der Waals surface area contributed by atoms with E-state index in [1.54, 1.807) is 32.4 Å². The standard InChI is InChI=1S/C19H21ClN2O4S/c1-12-7-16(25-2)17(26-3)9-14(12)10-27-11-18(23)21-22-19(24)13-5-4-6-15(20)8-13/h4-9H,10-11H2,1-3H3,(H,21,23)(H,22,24). The molecule has 144 valence electrons. The summed E-state index contributed by atoms with van der Waals surface area (Å²) in [4.78, 5) is 23.9. The third-order valence-electron chi connectivity index (χ3n) is 3.74. The number of carbonyl (C=O) groups excluding carboxylic acids is 2. The van der Waals surface area contributed by atoms with Crippen LogP contribution >= 0.6 is 23.4 Å². The molecular formula is C19H21ClN2O4S. The van der Waals surface area contributed by atoms with Crippen LogP contribution in [-0.4, -0.2) is 31.8 Å². The van der Waals surface area contributed by atoms with Crippen molar-refractivity contribution in [2.75, 3.05) is 20.0 Å². The molecule has 0 heterocycles. The van der Waals surface area contributed by atoms with Gasteiger partial charge in [-0.1, -0.05) is 17.7 Å². The van der Waals surface area contributed by atoms with Gasteiger partial charge in [0.1, 0.15) is 0 Å². The molecule has 8 heteroatoms. The Hall–Kier alpha value is -2.38. The van der Waals surface area contributed by atoms with Gasteiger partial charge in [0, 0.05) is 16.3 Å². The quantitative estimate of drug-likeness (QED) is 0.687. The zero-order valence-corrected chi connectivity index (χ0v) is 16.9. The number of carbonyl (C=O) groups is 2. The van der Waals surface area contributed by atoms with Crippen molar-refractivity contribution in [2.24, 2.45) is 0 Å². The number of amides is 2. The molecule has 0 unspecified atom stereocenters. The summed E-state index contributed by atoms with van der Waals surface area (Å²) >= 11 is 7.27. The summed E-state index contributed by atoms with van der Waals surface area (Å²) in [7, 11) is 3.17. The number of benzene rings is 2. The fourth-order valence-electron chi connectivity index (χ4n) is 2.30. The van der Waals surface area contributed by atoms with Crippen LogP contribution in [0.5, 0.6) is 11.5 Å². The number of hydrogen-bond acceptors (Lipinski definition) is 5. The highest BCUT2D eigenvalue weighted by molar-refractivity contribution is 7.99. The van der Waals surface area contributed by atoms with Gasteiger partial charge in [0.2, 0.25) is 5.91 Å². The van der Waals surface area contributed by atoms with Crippen LogP contribution in [-0.2, 0) is 10.5 Å². The summed E-state index contributed by atoms with van der Waals surface area (Å²) in [6.45, 7) is 1.98. The number of aryl methyl sites for hydroxylation is 1. The zero-order chi connectivity index (χ0) is 19.8. The molecular weight excluding hydrogens is 388 g/mol. The first-order chi connectivity index (χ1) is 12.9. The molecule has 0 atom stereocenters. The molecule has 0 aliphatic carbocycles. The van der Waals surface area contributed by atoms with E-state index in [4.69, 9.17) is 21.1 Å². The second kappa shape index (κ2) is 10.1. The lowest BCUT2D eigenvalue weighted by atomic mass is 10.1. The van der Waals surface area contributed by atoms with Gasteiger partial charge < -0.3 is 9.47 Å². The Labute approximate surface area is 167 Å². The van der Waals surface area contributed by atoms with Crippen LogP contribution in [0, 0.1) is 6.92 Å². The smallest absolute Gasteiger partial charge is 0.269 e. The first-order valence-electron chi connectivity index (χ1n) is 8.08. The van der Waals surface area contributed by atoms with E-state index < -0.39 is 5.91 Å². The normalized spacial score (nSPS) is 10.2. The Morgan fingerprint density at radius 1 is 1.07 bits per heavy atom. The van der Waals surface area contributed by atoms with Crippen LogP contribution in [0.2, 0.25) is 5.02 Å². The summed E-state index contributed by atoms with van der Waals surface area (Å²) in [6, 6.07) is 10.3. The first kappa shape index (κ1) is 20.9. The lowest BCUT2D eigenvalue weighted by Crippen LogP contribution is -2.42. The molecule has 0 aromatic heterocycles. The summed E-state index contributed by atoms with van der Waals surface area (Å²) in [5.74, 6) is 1.42. The number of hydrogen-bond donors (Lipinski definition) is 2. The molecule has 2 amide bonds. The van der Waals surface area contributed by atoms with E-state index in [2.05, 4.69) is 10.9 Å². The van der Waals surface area contributed by atoms with E-state index in [0.29, 0.717) is 27.8 Å². The Balaban J connectivity index is 1.82. The second-order valence-corrected chi connectivity index (χ2v) is 7.06. The van der Waals surface area contributed by atoms with Gasteiger partial charge in [0.25, 0.3) is 5.91 Å². The maximum Gasteiger partial charge on any atom is 0.269 e. The minimum atomic E-state index is -0.424. The van der Waals surface area contributed by atoms with Crippen LogP contribution in [0.25, 0.3) is 0 Å². The SMILES string of the molecule is COc1cc(C)c(CSCC(=O)NNC(=O)c2cccc(Cl)c2)cc1OC. The van der Waals surface area contributed by atoms with Crippen molar-refractivity contribution in [3.63, 3.8) is 0 Å². The maximum absolute atomic E-state index is 12.0. The van der Waals surface area contributed by atoms with Crippen molar-refractivity contribution < 1.29 is 19.1 Å². The molecule has 2 rings (SSSR count). The van der Waals surface area contributed by atoms with Gasteiger partial charge in [-0.05, 0) is 48.4 Å². The Morgan fingerprint density at radius 2 is 1.78 bits per heavy atom. The van der Waals surface area contributed by atoms with Gasteiger partial charge >= 0.3 is 0 Å². The molecule has 0 bridgehead atoms. The van der Waals surface area contributed by atoms with Crippen molar-refractivity contribution in [1.82, 2.24) is 10.9 Å². The number of ether oxygens (including phenoxy) is 2. The van der Waals surface area contributed by atoms with Gasteiger partial charge in [-0.2, -0.15) is 0 Å². The van der Waals surface area contributed by atoms with Gasteiger partial charge in [-0.3, -0.25) is 20.4 Å². The number of rotatable bonds is 7. The number of thioether (sulfide) groups is 1. The summed E-state index contributed by atoms with van der Waals surface area (Å²) < 4.78 is 10.6. The van der Waals surface area contributed by atoms with Crippen LogP contribution in [0.4, 0.5) is 0 Å². The van der Waals surface area contributed by atoms with E-state index >= 15 is 0 Å². The Kier molecular flexibility index (Phi) is 7.82. The van der Waals surface area contributed by atoms with Crippen molar-refractivity contribution in [3.8, 4) is 11.5 Å². The lowest BCUT2D eigenvalue weighted by molar-refractivity contribution is -0.119. The molecule has 0 aliphatic rings. The van der Waals surface area contributed by atoms with E-state index in [0.717, 1.165) is 11.1 Å². The Morgan fingerprint density at radius 3 is 2.44 bits per heavy atom. The molecule has 0 saturated heterocycles. The van der Waals surface area contributed by atoms with Crippen LogP contribution < -0.4 is 20.3 Å². The zero-order valence-electron chi connectivity index (χ0n) is 15.3. The molecule has 2 N–H and O–H groups in total. The summed E-state index contributed by atoms with van der Waals surface area (Å²) in [5, 5.41) is 0.454. The molecule has 6 nitrogen and oxygen atoms in total. The fourth-order valence-corrected chi connectivity index (χ4v) is 3.38. The highest BCUT2D eigenvalue weighted by Crippen LogP contribution is 2.31. The minimum absolute atomic E-state index is 0.198. The van der Waals surface area contributed by atoms with Crippen molar-refractivity contribution in [3.05, 3.63) is 58.1 Å². The summed E-state index contributed by atoms with van der Waals surface area (Å²) in [6.07, 6.45) is 0. The topological polar surface area (TPSA) is 76.7 Å². The molecule has 2 aromatic carbocycles. The van der Waals surface area contributed by atoms with E-state index in [1.807, 2.05) is 19.1 Å². The maximum atomic E-state index is 12.0. The molecule has 0 aliphatic heterocycles. The van der Waals surface area contributed by atoms with E-state index in [1.165, 1.54) is 17.8 Å². The van der Waals surface area contributed by atoms with E-state index in [9.17, 15) is 9.59 Å². The predicted molar refractivity (Wildman–Crippen MR) is 108 cm³/mol. The predicted octanol–water partition coefficient (Wildman–Crippen LogP) is 3.36. The second-order valence-electron chi connectivity index (χ2n) is 5.64.